The predicted octanol–water partition coefficient (Wildman–Crippen LogP) is 17.2. The van der Waals surface area contributed by atoms with Crippen molar-refractivity contribution in [2.24, 2.45) is 35.5 Å². The van der Waals surface area contributed by atoms with Crippen LogP contribution >= 0.6 is 0 Å². The molecule has 0 spiro atoms. The lowest BCUT2D eigenvalue weighted by Crippen LogP contribution is -2.45. The van der Waals surface area contributed by atoms with Crippen LogP contribution < -0.4 is 0 Å². The van der Waals surface area contributed by atoms with Gasteiger partial charge in [-0.1, -0.05) is 156 Å². The summed E-state index contributed by atoms with van der Waals surface area (Å²) < 4.78 is 37.2. The van der Waals surface area contributed by atoms with Crippen molar-refractivity contribution >= 4 is 22.6 Å². The van der Waals surface area contributed by atoms with Crippen LogP contribution in [0.4, 0.5) is 0 Å². The lowest BCUT2D eigenvalue weighted by atomic mass is 9.73. The first kappa shape index (κ1) is 71.4. The first-order valence-electron chi connectivity index (χ1n) is 32.0. The van der Waals surface area contributed by atoms with Crippen molar-refractivity contribution in [3.63, 3.8) is 0 Å². The Hall–Kier alpha value is -3.08. The zero-order valence-electron chi connectivity index (χ0n) is 53.3. The topological polar surface area (TPSA) is 133 Å². The van der Waals surface area contributed by atoms with E-state index in [4.69, 9.17) is 23.1 Å². The summed E-state index contributed by atoms with van der Waals surface area (Å²) in [5, 5.41) is 30.8. The Balaban J connectivity index is 0.000000321. The number of aliphatic hydroxyl groups excluding tert-OH is 1. The molecule has 0 unspecified atom stereocenters. The van der Waals surface area contributed by atoms with E-state index in [0.29, 0.717) is 92.2 Å². The standard InChI is InChI=1S/C36H56O4Si.C29H50O4Si.C4H8O2.CH4/c1-7-8-10-17-30(39-22-21-38-26-27-14-11-9-12-15-27)19-20-31-32-23-28-16-13-18-34(37)33(28)24-29(32)25-35(31)40-41(5,6)36(2,3)4;1-7-8-9-12-23(32-17-16-30)14-15-24-25-18-21-11-10-13-27(31)26(21)19-22(25)20-28(24)33-34(5,6)29(2,3)4;1-3-6-4(2)5;/h9,11-16,18,29-32,35,37H,7-8,10,17,19-26H2,1-6H3;10-11,13,22-25,28,30-31H,7-9,12,14-20H2,1-6H3;3H2,1-2H3;1H4/t29-,30-,31+,32-,35+;22-,23-,24+,25-,28+;;/m00../s1. The van der Waals surface area contributed by atoms with Crippen LogP contribution in [0.5, 0.6) is 11.5 Å². The molecule has 0 bridgehead atoms. The van der Waals surface area contributed by atoms with E-state index < -0.39 is 16.6 Å². The largest absolute Gasteiger partial charge is 0.508 e. The Morgan fingerprint density at radius 2 is 1.05 bits per heavy atom. The van der Waals surface area contributed by atoms with E-state index in [9.17, 15) is 20.1 Å². The van der Waals surface area contributed by atoms with Crippen molar-refractivity contribution < 1.29 is 47.9 Å². The van der Waals surface area contributed by atoms with Gasteiger partial charge in [0.1, 0.15) is 11.5 Å². The summed E-state index contributed by atoms with van der Waals surface area (Å²) >= 11 is 0. The molecule has 2 saturated carbocycles. The van der Waals surface area contributed by atoms with Crippen LogP contribution in [0.3, 0.4) is 0 Å². The van der Waals surface area contributed by atoms with Gasteiger partial charge in [0, 0.05) is 19.1 Å². The number of hydrogen-bond acceptors (Lipinski definition) is 10. The molecule has 3 aromatic carbocycles. The van der Waals surface area contributed by atoms with E-state index in [1.165, 1.54) is 73.3 Å². The maximum absolute atomic E-state index is 10.6. The molecule has 0 radical (unpaired) electrons. The monoisotopic (exact) mass is 1170 g/mol. The summed E-state index contributed by atoms with van der Waals surface area (Å²) in [7, 11) is -3.79. The molecule has 82 heavy (non-hydrogen) atoms. The zero-order valence-corrected chi connectivity index (χ0v) is 55.3. The van der Waals surface area contributed by atoms with Gasteiger partial charge >= 0.3 is 5.97 Å². The third-order valence-corrected chi connectivity index (χ3v) is 28.6. The molecular weight excluding hydrogens is 1060 g/mol. The van der Waals surface area contributed by atoms with Crippen LogP contribution in [0, 0.1) is 35.5 Å². The lowest BCUT2D eigenvalue weighted by Gasteiger charge is -2.40. The van der Waals surface area contributed by atoms with E-state index in [0.717, 1.165) is 77.0 Å². The number of phenolic OH excluding ortho intramolecular Hbond substituents is 2. The molecule has 0 aromatic heterocycles. The Bertz CT molecular complexity index is 2270. The molecule has 4 aliphatic carbocycles. The number of aromatic hydroxyl groups is 2. The summed E-state index contributed by atoms with van der Waals surface area (Å²) in [6.07, 6.45) is 21.3. The fourth-order valence-corrected chi connectivity index (χ4v) is 15.8. The van der Waals surface area contributed by atoms with Gasteiger partial charge in [-0.15, -0.1) is 0 Å². The van der Waals surface area contributed by atoms with Crippen LogP contribution in [0.1, 0.15) is 194 Å². The maximum atomic E-state index is 10.6. The number of esters is 1. The van der Waals surface area contributed by atoms with Crippen LogP contribution in [-0.2, 0) is 64.9 Å². The number of rotatable bonds is 28. The summed E-state index contributed by atoms with van der Waals surface area (Å²) in [6, 6.07) is 22.5. The molecule has 3 N–H and O–H groups in total. The smallest absolute Gasteiger partial charge is 0.302 e. The minimum Gasteiger partial charge on any atom is -0.508 e. The zero-order chi connectivity index (χ0) is 59.4. The molecule has 0 saturated heterocycles. The molecule has 0 heterocycles. The average Bonchev–Trinajstić information content (AvgIpc) is 4.02. The van der Waals surface area contributed by atoms with Gasteiger partial charge in [0.25, 0.3) is 0 Å². The number of aliphatic hydroxyl groups is 1. The van der Waals surface area contributed by atoms with Gasteiger partial charge in [0.05, 0.1) is 51.8 Å². The molecule has 0 amide bonds. The molecular formula is C70H118O10Si2. The highest BCUT2D eigenvalue weighted by molar-refractivity contribution is 6.74. The quantitative estimate of drug-likeness (QED) is 0.0367. The van der Waals surface area contributed by atoms with Crippen molar-refractivity contribution in [2.45, 2.75) is 260 Å². The SMILES string of the molecule is C.CCCCC[C@@H](CC[C@@H]1[C@H]2Cc3cccc(O)c3C[C@H]2C[C@H]1O[Si](C)(C)C(C)(C)C)OCCO.CCCCC[C@@H](CC[C@@H]1[C@H]2Cc3cccc(O)c3C[C@H]2C[C@H]1O[Si](C)(C)C(C)(C)C)OCCOCc1ccccc1.CCOC(C)=O. The van der Waals surface area contributed by atoms with Gasteiger partial charge in [-0.2, -0.15) is 0 Å². The number of phenols is 2. The molecule has 10 atom stereocenters. The number of unbranched alkanes of at least 4 members (excludes halogenated alkanes) is 4. The van der Waals surface area contributed by atoms with Crippen molar-refractivity contribution in [3.8, 4) is 11.5 Å². The predicted molar refractivity (Wildman–Crippen MR) is 344 cm³/mol. The van der Waals surface area contributed by atoms with Gasteiger partial charge in [-0.25, -0.2) is 0 Å². The van der Waals surface area contributed by atoms with Gasteiger partial charge in [-0.3, -0.25) is 4.79 Å². The van der Waals surface area contributed by atoms with Crippen molar-refractivity contribution in [2.75, 3.05) is 33.0 Å². The molecule has 12 heteroatoms. The second-order valence-electron chi connectivity index (χ2n) is 27.4. The van der Waals surface area contributed by atoms with Gasteiger partial charge < -0.3 is 43.1 Å². The Morgan fingerprint density at radius 1 is 0.598 bits per heavy atom. The Labute approximate surface area is 502 Å². The normalized spacial score (nSPS) is 22.9. The molecule has 0 aliphatic heterocycles. The molecule has 2 fully saturated rings. The minimum atomic E-state index is -1.90. The highest BCUT2D eigenvalue weighted by Gasteiger charge is 2.51. The van der Waals surface area contributed by atoms with E-state index in [1.807, 2.05) is 30.3 Å². The van der Waals surface area contributed by atoms with Crippen LogP contribution in [0.2, 0.25) is 36.3 Å². The lowest BCUT2D eigenvalue weighted by molar-refractivity contribution is -0.140. The number of carbonyl (C=O) groups is 1. The van der Waals surface area contributed by atoms with Crippen molar-refractivity contribution in [3.05, 3.63) is 94.5 Å². The van der Waals surface area contributed by atoms with E-state index in [-0.39, 0.29) is 42.3 Å². The van der Waals surface area contributed by atoms with Gasteiger partial charge in [0.15, 0.2) is 16.6 Å². The molecule has 10 nitrogen and oxygen atoms in total. The van der Waals surface area contributed by atoms with Crippen LogP contribution in [0.15, 0.2) is 66.7 Å². The molecule has 7 rings (SSSR count). The number of benzene rings is 3. The first-order chi connectivity index (χ1) is 38.4. The Kier molecular flexibility index (Phi) is 29.9. The van der Waals surface area contributed by atoms with Crippen molar-refractivity contribution in [1.29, 1.82) is 0 Å². The first-order valence-corrected chi connectivity index (χ1v) is 37.8. The van der Waals surface area contributed by atoms with Gasteiger partial charge in [-0.05, 0) is 196 Å². The summed E-state index contributed by atoms with van der Waals surface area (Å²) in [5.41, 5.74) is 6.22. The summed E-state index contributed by atoms with van der Waals surface area (Å²) in [6.45, 7) is 34.2. The second-order valence-corrected chi connectivity index (χ2v) is 37.0. The van der Waals surface area contributed by atoms with Gasteiger partial charge in [0.2, 0.25) is 0 Å². The fourth-order valence-electron chi connectivity index (χ4n) is 13.0. The summed E-state index contributed by atoms with van der Waals surface area (Å²) in [5.74, 6) is 4.19. The number of hydrogen-bond donors (Lipinski definition) is 3. The number of carbonyl (C=O) groups excluding carboxylic acids is 1. The number of fused-ring (bicyclic) bond motifs is 4. The van der Waals surface area contributed by atoms with E-state index in [1.54, 1.807) is 6.92 Å². The van der Waals surface area contributed by atoms with Crippen molar-refractivity contribution in [1.82, 2.24) is 0 Å². The average molecular weight is 1180 g/mol. The fraction of sp³-hybridized carbons (Fsp3) is 0.729. The Morgan fingerprint density at radius 3 is 1.44 bits per heavy atom. The highest BCUT2D eigenvalue weighted by Crippen LogP contribution is 2.53. The minimum absolute atomic E-state index is 0. The maximum Gasteiger partial charge on any atom is 0.302 e. The van der Waals surface area contributed by atoms with Crippen LogP contribution in [0.25, 0.3) is 0 Å². The van der Waals surface area contributed by atoms with E-state index >= 15 is 0 Å². The van der Waals surface area contributed by atoms with E-state index in [2.05, 4.69) is 123 Å². The molecule has 3 aromatic rings. The molecule has 4 aliphatic rings. The third-order valence-electron chi connectivity index (χ3n) is 19.6. The second kappa shape index (κ2) is 34.3. The summed E-state index contributed by atoms with van der Waals surface area (Å²) in [4.78, 5) is 9.82. The third kappa shape index (κ3) is 21.4. The number of ether oxygens (including phenoxy) is 4. The molecule has 466 valence electrons. The highest BCUT2D eigenvalue weighted by atomic mass is 28.4. The van der Waals surface area contributed by atoms with Crippen LogP contribution in [-0.4, -0.2) is 95.4 Å².